The third kappa shape index (κ3) is 4.66. The van der Waals surface area contributed by atoms with Gasteiger partial charge in [0.1, 0.15) is 12.3 Å². The molecule has 0 aliphatic carbocycles. The van der Waals surface area contributed by atoms with Crippen LogP contribution in [0.5, 0.6) is 5.75 Å². The summed E-state index contributed by atoms with van der Waals surface area (Å²) in [5, 5.41) is 7.75. The van der Waals surface area contributed by atoms with Gasteiger partial charge in [0.2, 0.25) is 15.9 Å². The fourth-order valence-corrected chi connectivity index (χ4v) is 3.50. The minimum Gasteiger partial charge on any atom is -0.479 e. The molecule has 1 atom stereocenters. The van der Waals surface area contributed by atoms with Crippen LogP contribution in [0.15, 0.2) is 47.4 Å². The fourth-order valence-electron chi connectivity index (χ4n) is 2.99. The third-order valence-electron chi connectivity index (χ3n) is 4.62. The Kier molecular flexibility index (Phi) is 5.90. The normalized spacial score (nSPS) is 15.9. The van der Waals surface area contributed by atoms with E-state index in [1.807, 2.05) is 0 Å². The molecule has 2 aromatic rings. The van der Waals surface area contributed by atoms with Crippen LogP contribution in [-0.4, -0.2) is 38.7 Å². The number of carbonyl (C=O) groups excluding carboxylic acids is 3. The van der Waals surface area contributed by atoms with Crippen LogP contribution in [0.4, 0.5) is 5.69 Å². The largest absolute Gasteiger partial charge is 0.479 e. The molecule has 0 bridgehead atoms. The molecule has 0 radical (unpaired) electrons. The maximum absolute atomic E-state index is 12.6. The average molecular weight is 431 g/mol. The van der Waals surface area contributed by atoms with Crippen molar-refractivity contribution >= 4 is 33.3 Å². The van der Waals surface area contributed by atoms with Crippen molar-refractivity contribution in [3.63, 3.8) is 0 Å². The zero-order valence-electron chi connectivity index (χ0n) is 16.4. The summed E-state index contributed by atoms with van der Waals surface area (Å²) in [5.74, 6) is -0.572. The summed E-state index contributed by atoms with van der Waals surface area (Å²) in [7, 11) is -3.79. The molecule has 0 saturated carbocycles. The van der Waals surface area contributed by atoms with Gasteiger partial charge in [-0.3, -0.25) is 19.3 Å². The summed E-state index contributed by atoms with van der Waals surface area (Å²) < 4.78 is 28.2. The van der Waals surface area contributed by atoms with Gasteiger partial charge in [-0.1, -0.05) is 12.1 Å². The van der Waals surface area contributed by atoms with E-state index in [2.05, 4.69) is 5.32 Å². The van der Waals surface area contributed by atoms with E-state index in [1.54, 1.807) is 19.1 Å². The number of fused-ring (bicyclic) bond motifs is 1. The summed E-state index contributed by atoms with van der Waals surface area (Å²) in [4.78, 5) is 38.0. The van der Waals surface area contributed by atoms with E-state index in [9.17, 15) is 22.8 Å². The lowest BCUT2D eigenvalue weighted by Gasteiger charge is -2.32. The lowest BCUT2D eigenvalue weighted by atomic mass is 10.1. The third-order valence-corrected chi connectivity index (χ3v) is 5.55. The predicted molar refractivity (Wildman–Crippen MR) is 109 cm³/mol. The molecule has 1 aliphatic rings. The van der Waals surface area contributed by atoms with Gasteiger partial charge in [-0.05, 0) is 49.7 Å². The molecule has 3 rings (SSSR count). The topological polar surface area (TPSA) is 136 Å². The van der Waals surface area contributed by atoms with E-state index < -0.39 is 27.9 Å². The second-order valence-corrected chi connectivity index (χ2v) is 8.45. The fraction of sp³-hybridized carbons (Fsp3) is 0.250. The second kappa shape index (κ2) is 8.25. The number of Topliss-reactive ketones (excluding diaryl/α,β-unsaturated/α-hetero) is 1. The number of hydrogen-bond donors (Lipinski definition) is 2. The summed E-state index contributed by atoms with van der Waals surface area (Å²) in [6.45, 7) is 2.88. The number of ether oxygens (including phenoxy) is 1. The molecule has 0 saturated heterocycles. The molecule has 2 aromatic carbocycles. The molecule has 1 unspecified atom stereocenters. The number of amides is 2. The maximum Gasteiger partial charge on any atom is 0.268 e. The van der Waals surface area contributed by atoms with Gasteiger partial charge in [-0.25, -0.2) is 13.6 Å². The summed E-state index contributed by atoms with van der Waals surface area (Å²) >= 11 is 0. The molecule has 158 valence electrons. The lowest BCUT2D eigenvalue weighted by molar-refractivity contribution is -0.128. The number of sulfonamides is 1. The van der Waals surface area contributed by atoms with E-state index in [0.717, 1.165) is 0 Å². The van der Waals surface area contributed by atoms with Crippen LogP contribution >= 0.6 is 0 Å². The van der Waals surface area contributed by atoms with Crippen molar-refractivity contribution in [2.75, 3.05) is 11.4 Å². The molecule has 2 amide bonds. The van der Waals surface area contributed by atoms with Crippen molar-refractivity contribution < 1.29 is 27.5 Å². The Morgan fingerprint density at radius 3 is 2.43 bits per heavy atom. The zero-order valence-corrected chi connectivity index (χ0v) is 17.2. The number of nitrogens with zero attached hydrogens (tertiary/aromatic N) is 1. The molecule has 1 heterocycles. The Bertz CT molecular complexity index is 1110. The maximum atomic E-state index is 12.6. The number of primary sulfonamides is 1. The molecule has 1 aliphatic heterocycles. The van der Waals surface area contributed by atoms with E-state index >= 15 is 0 Å². The van der Waals surface area contributed by atoms with E-state index in [0.29, 0.717) is 22.6 Å². The van der Waals surface area contributed by atoms with Gasteiger partial charge in [0.15, 0.2) is 11.9 Å². The van der Waals surface area contributed by atoms with Gasteiger partial charge >= 0.3 is 0 Å². The van der Waals surface area contributed by atoms with Crippen molar-refractivity contribution in [2.24, 2.45) is 5.14 Å². The van der Waals surface area contributed by atoms with Crippen LogP contribution in [-0.2, 0) is 26.2 Å². The number of hydrogen-bond acceptors (Lipinski definition) is 6. The minimum absolute atomic E-state index is 0.0247. The quantitative estimate of drug-likeness (QED) is 0.654. The number of nitrogens with one attached hydrogen (secondary N) is 1. The van der Waals surface area contributed by atoms with Crippen LogP contribution in [0.1, 0.15) is 29.8 Å². The smallest absolute Gasteiger partial charge is 0.268 e. The highest BCUT2D eigenvalue weighted by Gasteiger charge is 2.33. The van der Waals surface area contributed by atoms with Crippen LogP contribution in [0.3, 0.4) is 0 Å². The standard InChI is InChI=1S/C20H21N3O6S/c1-12(24)15-5-8-18-17(9-15)23(20(26)13(2)29-18)11-19(25)22-10-14-3-6-16(7-4-14)30(21,27)28/h3-9,13H,10-11H2,1-2H3,(H,22,25)(H2,21,27,28). The SMILES string of the molecule is CC(=O)c1ccc2c(c1)N(CC(=O)NCc1ccc(S(N)(=O)=O)cc1)C(=O)C(C)O2. The number of ketones is 1. The van der Waals surface area contributed by atoms with Gasteiger partial charge in [-0.2, -0.15) is 0 Å². The van der Waals surface area contributed by atoms with E-state index in [-0.39, 0.29) is 23.8 Å². The predicted octanol–water partition coefficient (Wildman–Crippen LogP) is 0.967. The van der Waals surface area contributed by atoms with Gasteiger partial charge in [0, 0.05) is 12.1 Å². The first kappa shape index (κ1) is 21.5. The van der Waals surface area contributed by atoms with E-state index in [4.69, 9.17) is 9.88 Å². The Labute approximate surface area is 173 Å². The van der Waals surface area contributed by atoms with Crippen LogP contribution in [0, 0.1) is 0 Å². The van der Waals surface area contributed by atoms with Crippen molar-refractivity contribution in [3.05, 3.63) is 53.6 Å². The minimum atomic E-state index is -3.79. The number of nitrogens with two attached hydrogens (primary N) is 1. The van der Waals surface area contributed by atoms with Gasteiger partial charge in [0.25, 0.3) is 5.91 Å². The molecule has 0 aromatic heterocycles. The first-order valence-corrected chi connectivity index (χ1v) is 10.6. The molecule has 0 spiro atoms. The van der Waals surface area contributed by atoms with Crippen molar-refractivity contribution in [2.45, 2.75) is 31.4 Å². The number of carbonyl (C=O) groups is 3. The van der Waals surface area contributed by atoms with Crippen LogP contribution in [0.25, 0.3) is 0 Å². The molecule has 3 N–H and O–H groups in total. The monoisotopic (exact) mass is 431 g/mol. The molecule has 9 nitrogen and oxygen atoms in total. The highest BCUT2D eigenvalue weighted by Crippen LogP contribution is 2.34. The number of benzene rings is 2. The molecule has 30 heavy (non-hydrogen) atoms. The van der Waals surface area contributed by atoms with Gasteiger partial charge < -0.3 is 10.1 Å². The van der Waals surface area contributed by atoms with Gasteiger partial charge in [-0.15, -0.1) is 0 Å². The Hall–Kier alpha value is -3.24. The van der Waals surface area contributed by atoms with Crippen LogP contribution in [0.2, 0.25) is 0 Å². The highest BCUT2D eigenvalue weighted by molar-refractivity contribution is 7.89. The van der Waals surface area contributed by atoms with Crippen LogP contribution < -0.4 is 20.1 Å². The Morgan fingerprint density at radius 1 is 1.17 bits per heavy atom. The molecular weight excluding hydrogens is 410 g/mol. The summed E-state index contributed by atoms with van der Waals surface area (Å²) in [6, 6.07) is 10.5. The lowest BCUT2D eigenvalue weighted by Crippen LogP contribution is -2.48. The Balaban J connectivity index is 1.72. The summed E-state index contributed by atoms with van der Waals surface area (Å²) in [5.41, 5.74) is 1.43. The first-order chi connectivity index (χ1) is 14.1. The molecule has 0 fully saturated rings. The highest BCUT2D eigenvalue weighted by atomic mass is 32.2. The summed E-state index contributed by atoms with van der Waals surface area (Å²) in [6.07, 6.45) is -0.765. The van der Waals surface area contributed by atoms with Gasteiger partial charge in [0.05, 0.1) is 10.6 Å². The number of anilines is 1. The first-order valence-electron chi connectivity index (χ1n) is 9.07. The Morgan fingerprint density at radius 2 is 1.83 bits per heavy atom. The van der Waals surface area contributed by atoms with Crippen molar-refractivity contribution in [1.82, 2.24) is 5.32 Å². The van der Waals surface area contributed by atoms with E-state index in [1.165, 1.54) is 42.2 Å². The molecule has 10 heteroatoms. The average Bonchev–Trinajstić information content (AvgIpc) is 2.69. The van der Waals surface area contributed by atoms with Crippen molar-refractivity contribution in [1.29, 1.82) is 0 Å². The van der Waals surface area contributed by atoms with Crippen molar-refractivity contribution in [3.8, 4) is 5.75 Å². The second-order valence-electron chi connectivity index (χ2n) is 6.89. The number of rotatable bonds is 6. The zero-order chi connectivity index (χ0) is 22.1. The molecular formula is C20H21N3O6S.